The lowest BCUT2D eigenvalue weighted by Crippen LogP contribution is -2.31. The third-order valence-corrected chi connectivity index (χ3v) is 4.40. The number of hydrogen-bond donors (Lipinski definition) is 1. The number of carbonyl (C=O) groups excluding carboxylic acids is 1. The molecule has 0 bridgehead atoms. The number of pyridine rings is 2. The number of H-pyrrole nitrogens is 1. The molecule has 7 nitrogen and oxygen atoms in total. The van der Waals surface area contributed by atoms with E-state index in [1.54, 1.807) is 27.8 Å². The number of aromatic nitrogens is 4. The summed E-state index contributed by atoms with van der Waals surface area (Å²) in [5.41, 5.74) is 2.42. The van der Waals surface area contributed by atoms with Gasteiger partial charge in [-0.25, -0.2) is 14.8 Å². The average Bonchev–Trinajstić information content (AvgIpc) is 3.17. The number of rotatable bonds is 2. The highest BCUT2D eigenvalue weighted by atomic mass is 16.2. The van der Waals surface area contributed by atoms with Gasteiger partial charge in [0.2, 0.25) is 0 Å². The summed E-state index contributed by atoms with van der Waals surface area (Å²) in [5, 5.41) is 0. The number of aromatic amines is 1. The number of carbonyl (C=O) groups is 1. The fourth-order valence-electron chi connectivity index (χ4n) is 3.26. The van der Waals surface area contributed by atoms with Crippen molar-refractivity contribution in [3.05, 3.63) is 58.4 Å². The molecule has 1 saturated heterocycles. The molecule has 1 aliphatic heterocycles. The second-order valence-electron chi connectivity index (χ2n) is 6.03. The van der Waals surface area contributed by atoms with Gasteiger partial charge in [0.05, 0.1) is 11.6 Å². The van der Waals surface area contributed by atoms with Crippen LogP contribution in [-0.4, -0.2) is 43.4 Å². The van der Waals surface area contributed by atoms with Crippen molar-refractivity contribution < 1.29 is 4.79 Å². The predicted molar refractivity (Wildman–Crippen MR) is 88.9 cm³/mol. The van der Waals surface area contributed by atoms with E-state index in [-0.39, 0.29) is 17.6 Å². The molecule has 1 atom stereocenters. The first-order chi connectivity index (χ1) is 11.6. The van der Waals surface area contributed by atoms with Crippen molar-refractivity contribution in [3.63, 3.8) is 0 Å². The van der Waals surface area contributed by atoms with E-state index in [0.29, 0.717) is 29.9 Å². The number of nitrogens with one attached hydrogen (secondary N) is 1. The van der Waals surface area contributed by atoms with Crippen LogP contribution in [0.3, 0.4) is 0 Å². The van der Waals surface area contributed by atoms with Crippen molar-refractivity contribution >= 4 is 17.1 Å². The number of likely N-dealkylation sites (tertiary alicyclic amines) is 1. The van der Waals surface area contributed by atoms with E-state index in [0.717, 1.165) is 12.1 Å². The van der Waals surface area contributed by atoms with Gasteiger partial charge in [0.15, 0.2) is 5.65 Å². The molecule has 7 heteroatoms. The Balaban J connectivity index is 1.61. The molecular formula is C17H17N5O2. The number of nitrogens with zero attached hydrogens (tertiary/aromatic N) is 4. The molecule has 24 heavy (non-hydrogen) atoms. The molecule has 0 saturated carbocycles. The molecule has 4 heterocycles. The SMILES string of the molecule is Cc1cccc(C(=O)N2CC[C@@H](n3c(=O)[nH]c4cccnc43)C2)n1. The Morgan fingerprint density at radius 2 is 2.17 bits per heavy atom. The third kappa shape index (κ3) is 2.38. The van der Waals surface area contributed by atoms with Crippen molar-refractivity contribution in [2.24, 2.45) is 0 Å². The van der Waals surface area contributed by atoms with Gasteiger partial charge in [-0.05, 0) is 37.6 Å². The number of imidazole rings is 1. The predicted octanol–water partition coefficient (Wildman–Crippen LogP) is 1.52. The molecule has 1 N–H and O–H groups in total. The smallest absolute Gasteiger partial charge is 0.327 e. The summed E-state index contributed by atoms with van der Waals surface area (Å²) < 4.78 is 1.66. The monoisotopic (exact) mass is 323 g/mol. The van der Waals surface area contributed by atoms with Crippen LogP contribution < -0.4 is 5.69 Å². The van der Waals surface area contributed by atoms with Gasteiger partial charge in [-0.15, -0.1) is 0 Å². The van der Waals surface area contributed by atoms with Crippen LogP contribution in [0.1, 0.15) is 28.6 Å². The minimum Gasteiger partial charge on any atom is -0.335 e. The quantitative estimate of drug-likeness (QED) is 0.775. The second-order valence-corrected chi connectivity index (χ2v) is 6.03. The highest BCUT2D eigenvalue weighted by Gasteiger charge is 2.30. The van der Waals surface area contributed by atoms with Crippen molar-refractivity contribution in [1.29, 1.82) is 0 Å². The molecule has 3 aromatic heterocycles. The van der Waals surface area contributed by atoms with Crippen LogP contribution in [0.25, 0.3) is 11.2 Å². The van der Waals surface area contributed by atoms with Gasteiger partial charge in [0.1, 0.15) is 5.69 Å². The van der Waals surface area contributed by atoms with Gasteiger partial charge in [-0.3, -0.25) is 9.36 Å². The lowest BCUT2D eigenvalue weighted by atomic mass is 10.2. The first kappa shape index (κ1) is 14.6. The van der Waals surface area contributed by atoms with E-state index < -0.39 is 0 Å². The average molecular weight is 323 g/mol. The molecule has 1 fully saturated rings. The Morgan fingerprint density at radius 3 is 3.00 bits per heavy atom. The molecule has 1 amide bonds. The van der Waals surface area contributed by atoms with Gasteiger partial charge in [0.25, 0.3) is 5.91 Å². The van der Waals surface area contributed by atoms with Gasteiger partial charge in [-0.2, -0.15) is 0 Å². The van der Waals surface area contributed by atoms with Gasteiger partial charge >= 0.3 is 5.69 Å². The maximum atomic E-state index is 12.6. The minimum atomic E-state index is -0.184. The van der Waals surface area contributed by atoms with Crippen molar-refractivity contribution in [2.45, 2.75) is 19.4 Å². The standard InChI is InChI=1S/C17H17N5O2/c1-11-4-2-5-14(19-11)16(23)21-9-7-12(10-21)22-15-13(20-17(22)24)6-3-8-18-15/h2-6,8,12H,7,9-10H2,1H3,(H,20,24)/t12-/m1/s1. The lowest BCUT2D eigenvalue weighted by molar-refractivity contribution is 0.0781. The molecule has 0 aliphatic carbocycles. The second kappa shape index (κ2) is 5.59. The fraction of sp³-hybridized carbons (Fsp3) is 0.294. The van der Waals surface area contributed by atoms with E-state index in [4.69, 9.17) is 0 Å². The topological polar surface area (TPSA) is 83.9 Å². The molecule has 0 spiro atoms. The zero-order chi connectivity index (χ0) is 16.7. The first-order valence-electron chi connectivity index (χ1n) is 7.91. The Bertz CT molecular complexity index is 974. The number of aryl methyl sites for hydroxylation is 1. The Hall–Kier alpha value is -2.96. The first-order valence-corrected chi connectivity index (χ1v) is 7.91. The van der Waals surface area contributed by atoms with Crippen LogP contribution in [0.2, 0.25) is 0 Å². The van der Waals surface area contributed by atoms with Crippen LogP contribution in [0.4, 0.5) is 0 Å². The Kier molecular flexibility index (Phi) is 3.41. The maximum absolute atomic E-state index is 12.6. The van der Waals surface area contributed by atoms with Crippen LogP contribution in [0, 0.1) is 6.92 Å². The van der Waals surface area contributed by atoms with Crippen molar-refractivity contribution in [2.75, 3.05) is 13.1 Å². The lowest BCUT2D eigenvalue weighted by Gasteiger charge is -2.16. The van der Waals surface area contributed by atoms with Gasteiger partial charge < -0.3 is 9.88 Å². The normalized spacial score (nSPS) is 17.5. The number of amides is 1. The van der Waals surface area contributed by atoms with Crippen molar-refractivity contribution in [1.82, 2.24) is 24.4 Å². The van der Waals surface area contributed by atoms with E-state index in [9.17, 15) is 9.59 Å². The molecule has 1 aliphatic rings. The number of hydrogen-bond acceptors (Lipinski definition) is 4. The Morgan fingerprint density at radius 1 is 1.29 bits per heavy atom. The molecular weight excluding hydrogens is 306 g/mol. The largest absolute Gasteiger partial charge is 0.335 e. The van der Waals surface area contributed by atoms with Crippen LogP contribution in [0.15, 0.2) is 41.3 Å². The molecule has 3 aromatic rings. The molecule has 0 radical (unpaired) electrons. The zero-order valence-electron chi connectivity index (χ0n) is 13.3. The summed E-state index contributed by atoms with van der Waals surface area (Å²) in [6, 6.07) is 8.96. The number of fused-ring (bicyclic) bond motifs is 1. The van der Waals surface area contributed by atoms with E-state index in [1.807, 2.05) is 25.1 Å². The van der Waals surface area contributed by atoms with E-state index in [1.165, 1.54) is 0 Å². The molecule has 122 valence electrons. The van der Waals surface area contributed by atoms with Crippen molar-refractivity contribution in [3.8, 4) is 0 Å². The molecule has 0 unspecified atom stereocenters. The molecule has 4 rings (SSSR count). The summed E-state index contributed by atoms with van der Waals surface area (Å²) in [4.78, 5) is 38.0. The highest BCUT2D eigenvalue weighted by Crippen LogP contribution is 2.24. The fourth-order valence-corrected chi connectivity index (χ4v) is 3.26. The Labute approximate surface area is 138 Å². The van der Waals surface area contributed by atoms with E-state index >= 15 is 0 Å². The summed E-state index contributed by atoms with van der Waals surface area (Å²) in [7, 11) is 0. The summed E-state index contributed by atoms with van der Waals surface area (Å²) >= 11 is 0. The van der Waals surface area contributed by atoms with Crippen LogP contribution in [-0.2, 0) is 0 Å². The summed E-state index contributed by atoms with van der Waals surface area (Å²) in [6.07, 6.45) is 2.39. The van der Waals surface area contributed by atoms with Crippen LogP contribution >= 0.6 is 0 Å². The molecule has 0 aromatic carbocycles. The third-order valence-electron chi connectivity index (χ3n) is 4.40. The minimum absolute atomic E-state index is 0.0742. The van der Waals surface area contributed by atoms with E-state index in [2.05, 4.69) is 15.0 Å². The maximum Gasteiger partial charge on any atom is 0.327 e. The summed E-state index contributed by atoms with van der Waals surface area (Å²) in [5.74, 6) is -0.0953. The van der Waals surface area contributed by atoms with Crippen LogP contribution in [0.5, 0.6) is 0 Å². The zero-order valence-corrected chi connectivity index (χ0v) is 13.3. The summed E-state index contributed by atoms with van der Waals surface area (Å²) in [6.45, 7) is 2.95. The highest BCUT2D eigenvalue weighted by molar-refractivity contribution is 5.92. The van der Waals surface area contributed by atoms with Gasteiger partial charge in [-0.1, -0.05) is 6.07 Å². The van der Waals surface area contributed by atoms with Gasteiger partial charge in [0, 0.05) is 25.0 Å².